The molecule has 0 saturated carbocycles. The van der Waals surface area contributed by atoms with Crippen LogP contribution in [-0.2, 0) is 10.0 Å². The zero-order valence-corrected chi connectivity index (χ0v) is 11.3. The van der Waals surface area contributed by atoms with Crippen LogP contribution in [0.1, 0.15) is 11.3 Å². The highest BCUT2D eigenvalue weighted by molar-refractivity contribution is 7.92. The van der Waals surface area contributed by atoms with Crippen molar-refractivity contribution in [1.82, 2.24) is 15.2 Å². The van der Waals surface area contributed by atoms with E-state index >= 15 is 0 Å². The molecule has 0 aliphatic heterocycles. The Morgan fingerprint density at radius 3 is 2.67 bits per heavy atom. The molecule has 0 unspecified atom stereocenters. The van der Waals surface area contributed by atoms with Gasteiger partial charge in [0.2, 0.25) is 0 Å². The fourth-order valence-electron chi connectivity index (χ4n) is 1.45. The first kappa shape index (κ1) is 12.8. The smallest absolute Gasteiger partial charge is 0.265 e. The summed E-state index contributed by atoms with van der Waals surface area (Å²) in [6.07, 6.45) is 2.76. The zero-order chi connectivity index (χ0) is 13.3. The van der Waals surface area contributed by atoms with Gasteiger partial charge in [0, 0.05) is 6.20 Å². The third-order valence-electron chi connectivity index (χ3n) is 2.42. The van der Waals surface area contributed by atoms with Crippen molar-refractivity contribution >= 4 is 27.3 Å². The van der Waals surface area contributed by atoms with Crippen LogP contribution in [0.15, 0.2) is 23.4 Å². The van der Waals surface area contributed by atoms with Gasteiger partial charge in [-0.1, -0.05) is 11.6 Å². The summed E-state index contributed by atoms with van der Waals surface area (Å²) in [5.41, 5.74) is 1.43. The van der Waals surface area contributed by atoms with Gasteiger partial charge in [-0.25, -0.2) is 13.4 Å². The number of nitrogens with one attached hydrogen (secondary N) is 2. The quantitative estimate of drug-likeness (QED) is 0.843. The molecule has 0 amide bonds. The summed E-state index contributed by atoms with van der Waals surface area (Å²) < 4.78 is 26.7. The molecule has 0 bridgehead atoms. The predicted octanol–water partition coefficient (Wildman–Crippen LogP) is 1.88. The van der Waals surface area contributed by atoms with Crippen LogP contribution in [0.2, 0.25) is 5.15 Å². The molecule has 0 saturated heterocycles. The van der Waals surface area contributed by atoms with Crippen LogP contribution < -0.4 is 4.72 Å². The second kappa shape index (κ2) is 4.58. The fourth-order valence-corrected chi connectivity index (χ4v) is 3.03. The molecule has 8 heteroatoms. The number of hydrogen-bond donors (Lipinski definition) is 2. The molecule has 0 atom stereocenters. The van der Waals surface area contributed by atoms with E-state index in [1.807, 2.05) is 0 Å². The van der Waals surface area contributed by atoms with E-state index in [0.29, 0.717) is 11.3 Å². The number of pyridine rings is 1. The van der Waals surface area contributed by atoms with Crippen molar-refractivity contribution in [3.63, 3.8) is 0 Å². The Morgan fingerprint density at radius 2 is 2.11 bits per heavy atom. The number of nitrogens with zero attached hydrogens (tertiary/aromatic N) is 2. The molecule has 2 aromatic rings. The Kier molecular flexibility index (Phi) is 3.27. The van der Waals surface area contributed by atoms with E-state index in [9.17, 15) is 8.42 Å². The van der Waals surface area contributed by atoms with Crippen molar-refractivity contribution in [3.05, 3.63) is 34.9 Å². The first-order valence-electron chi connectivity index (χ1n) is 5.05. The van der Waals surface area contributed by atoms with Gasteiger partial charge in [0.25, 0.3) is 10.0 Å². The van der Waals surface area contributed by atoms with Gasteiger partial charge >= 0.3 is 0 Å². The van der Waals surface area contributed by atoms with Crippen LogP contribution in [-0.4, -0.2) is 23.6 Å². The molecule has 18 heavy (non-hydrogen) atoms. The molecule has 2 heterocycles. The average Bonchev–Trinajstić information content (AvgIpc) is 2.71. The number of sulfonamides is 1. The lowest BCUT2D eigenvalue weighted by atomic mass is 10.3. The Hall–Kier alpha value is -1.60. The Morgan fingerprint density at radius 1 is 1.39 bits per heavy atom. The van der Waals surface area contributed by atoms with E-state index in [4.69, 9.17) is 11.6 Å². The number of halogens is 1. The number of aryl methyl sites for hydroxylation is 2. The zero-order valence-electron chi connectivity index (χ0n) is 9.73. The molecule has 96 valence electrons. The fraction of sp³-hybridized carbons (Fsp3) is 0.200. The maximum atomic E-state index is 12.1. The third-order valence-corrected chi connectivity index (χ3v) is 4.17. The lowest BCUT2D eigenvalue weighted by Gasteiger charge is -2.10. The molecule has 2 aromatic heterocycles. The van der Waals surface area contributed by atoms with Gasteiger partial charge in [-0.3, -0.25) is 9.82 Å². The number of H-pyrrole nitrogens is 1. The summed E-state index contributed by atoms with van der Waals surface area (Å²) in [5, 5.41) is 6.36. The highest BCUT2D eigenvalue weighted by atomic mass is 35.5. The molecule has 0 aliphatic carbocycles. The Labute approximate surface area is 109 Å². The summed E-state index contributed by atoms with van der Waals surface area (Å²) in [7, 11) is -3.71. The van der Waals surface area contributed by atoms with E-state index in [2.05, 4.69) is 19.9 Å². The van der Waals surface area contributed by atoms with Gasteiger partial charge in [0.05, 0.1) is 17.6 Å². The minimum absolute atomic E-state index is 0.0850. The Balaban J connectivity index is 2.44. The molecule has 2 N–H and O–H groups in total. The summed E-state index contributed by atoms with van der Waals surface area (Å²) >= 11 is 5.88. The van der Waals surface area contributed by atoms with E-state index < -0.39 is 10.0 Å². The van der Waals surface area contributed by atoms with Crippen LogP contribution in [0.5, 0.6) is 0 Å². The minimum atomic E-state index is -3.71. The second-order valence-electron chi connectivity index (χ2n) is 3.76. The molecule has 0 fully saturated rings. The van der Waals surface area contributed by atoms with Crippen LogP contribution in [0.25, 0.3) is 0 Å². The first-order chi connectivity index (χ1) is 8.42. The second-order valence-corrected chi connectivity index (χ2v) is 5.77. The monoisotopic (exact) mass is 286 g/mol. The average molecular weight is 287 g/mol. The van der Waals surface area contributed by atoms with E-state index in [1.165, 1.54) is 12.4 Å². The predicted molar refractivity (Wildman–Crippen MR) is 68.1 cm³/mol. The van der Waals surface area contributed by atoms with Gasteiger partial charge < -0.3 is 0 Å². The maximum absolute atomic E-state index is 12.1. The Bertz CT molecular complexity index is 661. The molecule has 6 nitrogen and oxygen atoms in total. The van der Waals surface area contributed by atoms with Crippen LogP contribution in [0.4, 0.5) is 5.69 Å². The van der Waals surface area contributed by atoms with E-state index in [-0.39, 0.29) is 15.7 Å². The lowest BCUT2D eigenvalue weighted by molar-refractivity contribution is 0.600. The van der Waals surface area contributed by atoms with Gasteiger partial charge in [0.15, 0.2) is 5.15 Å². The van der Waals surface area contributed by atoms with Crippen molar-refractivity contribution in [3.8, 4) is 0 Å². The summed E-state index contributed by atoms with van der Waals surface area (Å²) in [4.78, 5) is 3.93. The standard InChI is InChI=1S/C10H11ClN4O2S/c1-6-3-4-12-10(11)9(6)15-18(16,17)8-5-13-14-7(8)2/h3-5,15H,1-2H3,(H,13,14). The lowest BCUT2D eigenvalue weighted by Crippen LogP contribution is -2.14. The van der Waals surface area contributed by atoms with E-state index in [1.54, 1.807) is 19.9 Å². The van der Waals surface area contributed by atoms with Crippen LogP contribution in [0, 0.1) is 13.8 Å². The molecular weight excluding hydrogens is 276 g/mol. The van der Waals surface area contributed by atoms with Crippen molar-refractivity contribution in [2.45, 2.75) is 18.7 Å². The number of hydrogen-bond acceptors (Lipinski definition) is 4. The van der Waals surface area contributed by atoms with Gasteiger partial charge in [-0.05, 0) is 25.5 Å². The molecule has 0 aliphatic rings. The van der Waals surface area contributed by atoms with Gasteiger partial charge in [0.1, 0.15) is 4.90 Å². The van der Waals surface area contributed by atoms with E-state index in [0.717, 1.165) is 0 Å². The molecule has 0 aromatic carbocycles. The summed E-state index contributed by atoms with van der Waals surface area (Å²) in [6.45, 7) is 3.37. The molecule has 0 radical (unpaired) electrons. The van der Waals surface area contributed by atoms with Crippen LogP contribution in [0.3, 0.4) is 0 Å². The highest BCUT2D eigenvalue weighted by Crippen LogP contribution is 2.26. The SMILES string of the molecule is Cc1ccnc(Cl)c1NS(=O)(=O)c1cn[nH]c1C. The van der Waals surface area contributed by atoms with Crippen molar-refractivity contribution < 1.29 is 8.42 Å². The largest absolute Gasteiger partial charge is 0.281 e. The maximum Gasteiger partial charge on any atom is 0.265 e. The van der Waals surface area contributed by atoms with Gasteiger partial charge in [-0.15, -0.1) is 0 Å². The number of anilines is 1. The van der Waals surface area contributed by atoms with Crippen molar-refractivity contribution in [1.29, 1.82) is 0 Å². The molecular formula is C10H11ClN4O2S. The van der Waals surface area contributed by atoms with Crippen LogP contribution >= 0.6 is 11.6 Å². The minimum Gasteiger partial charge on any atom is -0.281 e. The normalized spacial score (nSPS) is 11.5. The van der Waals surface area contributed by atoms with Crippen molar-refractivity contribution in [2.75, 3.05) is 4.72 Å². The number of aromatic amines is 1. The summed E-state index contributed by atoms with van der Waals surface area (Å²) in [5.74, 6) is 0. The third kappa shape index (κ3) is 2.32. The topological polar surface area (TPSA) is 87.7 Å². The summed E-state index contributed by atoms with van der Waals surface area (Å²) in [6, 6.07) is 1.67. The number of rotatable bonds is 3. The molecule has 0 spiro atoms. The first-order valence-corrected chi connectivity index (χ1v) is 6.92. The highest BCUT2D eigenvalue weighted by Gasteiger charge is 2.20. The van der Waals surface area contributed by atoms with Gasteiger partial charge in [-0.2, -0.15) is 5.10 Å². The molecule has 2 rings (SSSR count). The number of aromatic nitrogens is 3. The van der Waals surface area contributed by atoms with Crippen molar-refractivity contribution in [2.24, 2.45) is 0 Å².